The molecule has 0 unspecified atom stereocenters. The summed E-state index contributed by atoms with van der Waals surface area (Å²) in [6, 6.07) is 11.4. The maximum absolute atomic E-state index is 13.1. The van der Waals surface area contributed by atoms with Crippen molar-refractivity contribution in [1.82, 2.24) is 4.98 Å². The summed E-state index contributed by atoms with van der Waals surface area (Å²) in [4.78, 5) is 4.56. The lowest BCUT2D eigenvalue weighted by atomic mass is 10.2. The lowest BCUT2D eigenvalue weighted by Crippen LogP contribution is -1.83. The number of rotatable bonds is 2. The zero-order valence-corrected chi connectivity index (χ0v) is 12.6. The fourth-order valence-corrected chi connectivity index (χ4v) is 3.21. The van der Waals surface area contributed by atoms with Crippen LogP contribution < -0.4 is 0 Å². The van der Waals surface area contributed by atoms with Crippen LogP contribution in [0.2, 0.25) is 0 Å². The SMILES string of the molecule is Oc1ccc(-c2nc(-c3ccc(F)cc3Br)cs2)cc1. The van der Waals surface area contributed by atoms with Crippen molar-refractivity contribution in [3.63, 3.8) is 0 Å². The molecule has 1 heterocycles. The molecule has 20 heavy (non-hydrogen) atoms. The molecule has 3 rings (SSSR count). The van der Waals surface area contributed by atoms with Gasteiger partial charge in [0, 0.05) is 21.0 Å². The van der Waals surface area contributed by atoms with Gasteiger partial charge in [0.05, 0.1) is 5.69 Å². The summed E-state index contributed by atoms with van der Waals surface area (Å²) in [7, 11) is 0. The second-order valence-electron chi connectivity index (χ2n) is 4.21. The number of nitrogens with zero attached hydrogens (tertiary/aromatic N) is 1. The first kappa shape index (κ1) is 13.3. The highest BCUT2D eigenvalue weighted by Gasteiger charge is 2.10. The summed E-state index contributed by atoms with van der Waals surface area (Å²) in [6.45, 7) is 0. The van der Waals surface area contributed by atoms with Gasteiger partial charge in [-0.15, -0.1) is 11.3 Å². The van der Waals surface area contributed by atoms with E-state index in [0.29, 0.717) is 4.47 Å². The summed E-state index contributed by atoms with van der Waals surface area (Å²) < 4.78 is 13.8. The van der Waals surface area contributed by atoms with Crippen LogP contribution in [0.15, 0.2) is 52.3 Å². The normalized spacial score (nSPS) is 10.7. The average Bonchev–Trinajstić information content (AvgIpc) is 2.89. The van der Waals surface area contributed by atoms with E-state index < -0.39 is 0 Å². The second-order valence-corrected chi connectivity index (χ2v) is 5.92. The molecule has 3 aromatic rings. The van der Waals surface area contributed by atoms with Gasteiger partial charge in [-0.1, -0.05) is 0 Å². The van der Waals surface area contributed by atoms with Crippen LogP contribution in [0, 0.1) is 5.82 Å². The van der Waals surface area contributed by atoms with Crippen molar-refractivity contribution >= 4 is 27.3 Å². The third-order valence-electron chi connectivity index (χ3n) is 2.83. The first-order valence-corrected chi connectivity index (χ1v) is 7.51. The minimum atomic E-state index is -0.283. The zero-order valence-electron chi connectivity index (χ0n) is 10.2. The average molecular weight is 350 g/mol. The number of phenols is 1. The van der Waals surface area contributed by atoms with Crippen LogP contribution in [-0.2, 0) is 0 Å². The van der Waals surface area contributed by atoms with Crippen LogP contribution in [0.5, 0.6) is 5.75 Å². The monoisotopic (exact) mass is 349 g/mol. The van der Waals surface area contributed by atoms with E-state index in [4.69, 9.17) is 0 Å². The van der Waals surface area contributed by atoms with Crippen molar-refractivity contribution < 1.29 is 9.50 Å². The third kappa shape index (κ3) is 2.59. The van der Waals surface area contributed by atoms with Crippen molar-refractivity contribution in [3.8, 4) is 27.6 Å². The van der Waals surface area contributed by atoms with Crippen molar-refractivity contribution in [1.29, 1.82) is 0 Å². The molecule has 0 aliphatic carbocycles. The van der Waals surface area contributed by atoms with Gasteiger partial charge in [0.25, 0.3) is 0 Å². The smallest absolute Gasteiger partial charge is 0.124 e. The first-order valence-electron chi connectivity index (χ1n) is 5.84. The molecule has 100 valence electrons. The molecule has 2 aromatic carbocycles. The van der Waals surface area contributed by atoms with Crippen LogP contribution in [0.25, 0.3) is 21.8 Å². The fraction of sp³-hybridized carbons (Fsp3) is 0. The van der Waals surface area contributed by atoms with Crippen LogP contribution >= 0.6 is 27.3 Å². The number of phenolic OH excluding ortho intramolecular Hbond substituents is 1. The van der Waals surface area contributed by atoms with Crippen molar-refractivity contribution in [2.75, 3.05) is 0 Å². The molecule has 0 bridgehead atoms. The maximum Gasteiger partial charge on any atom is 0.124 e. The van der Waals surface area contributed by atoms with Crippen LogP contribution in [-0.4, -0.2) is 10.1 Å². The van der Waals surface area contributed by atoms with Gasteiger partial charge in [-0.25, -0.2) is 9.37 Å². The van der Waals surface area contributed by atoms with E-state index in [1.807, 2.05) is 17.5 Å². The Bertz CT molecular complexity index is 755. The molecule has 0 aliphatic heterocycles. The van der Waals surface area contributed by atoms with E-state index >= 15 is 0 Å². The van der Waals surface area contributed by atoms with Crippen LogP contribution in [0.1, 0.15) is 0 Å². The van der Waals surface area contributed by atoms with Gasteiger partial charge in [0.15, 0.2) is 0 Å². The van der Waals surface area contributed by atoms with E-state index in [1.165, 1.54) is 23.5 Å². The Morgan fingerprint density at radius 2 is 1.85 bits per heavy atom. The summed E-state index contributed by atoms with van der Waals surface area (Å²) in [5.41, 5.74) is 2.59. The molecule has 1 aromatic heterocycles. The van der Waals surface area contributed by atoms with Crippen molar-refractivity contribution in [3.05, 3.63) is 58.1 Å². The predicted octanol–water partition coefficient (Wildman–Crippen LogP) is 5.08. The van der Waals surface area contributed by atoms with Crippen LogP contribution in [0.3, 0.4) is 0 Å². The largest absolute Gasteiger partial charge is 0.508 e. The van der Waals surface area contributed by atoms with Crippen molar-refractivity contribution in [2.24, 2.45) is 0 Å². The summed E-state index contributed by atoms with van der Waals surface area (Å²) in [6.07, 6.45) is 0. The Labute approximate surface area is 127 Å². The first-order chi connectivity index (χ1) is 9.63. The zero-order chi connectivity index (χ0) is 14.1. The highest BCUT2D eigenvalue weighted by atomic mass is 79.9. The van der Waals surface area contributed by atoms with E-state index in [2.05, 4.69) is 20.9 Å². The number of benzene rings is 2. The minimum absolute atomic E-state index is 0.229. The Hall–Kier alpha value is -1.72. The molecular weight excluding hydrogens is 341 g/mol. The van der Waals surface area contributed by atoms with Gasteiger partial charge < -0.3 is 5.11 Å². The van der Waals surface area contributed by atoms with E-state index in [1.54, 1.807) is 18.2 Å². The topological polar surface area (TPSA) is 33.1 Å². The number of aromatic hydroxyl groups is 1. The summed E-state index contributed by atoms with van der Waals surface area (Å²) >= 11 is 4.86. The predicted molar refractivity (Wildman–Crippen MR) is 82.3 cm³/mol. The molecule has 2 nitrogen and oxygen atoms in total. The summed E-state index contributed by atoms with van der Waals surface area (Å²) in [5, 5.41) is 12.1. The molecule has 1 N–H and O–H groups in total. The van der Waals surface area contributed by atoms with E-state index in [0.717, 1.165) is 21.8 Å². The van der Waals surface area contributed by atoms with Gasteiger partial charge in [-0.3, -0.25) is 0 Å². The van der Waals surface area contributed by atoms with Gasteiger partial charge in [0.1, 0.15) is 16.6 Å². The lowest BCUT2D eigenvalue weighted by Gasteiger charge is -2.01. The second kappa shape index (κ2) is 5.34. The quantitative estimate of drug-likeness (QED) is 0.699. The molecule has 0 spiro atoms. The molecule has 0 radical (unpaired) electrons. The van der Waals surface area contributed by atoms with Gasteiger partial charge >= 0.3 is 0 Å². The lowest BCUT2D eigenvalue weighted by molar-refractivity contribution is 0.475. The molecule has 0 fully saturated rings. The van der Waals surface area contributed by atoms with Crippen LogP contribution in [0.4, 0.5) is 4.39 Å². The van der Waals surface area contributed by atoms with Gasteiger partial charge in [0.2, 0.25) is 0 Å². The molecule has 0 amide bonds. The Balaban J connectivity index is 1.99. The fourth-order valence-electron chi connectivity index (χ4n) is 1.83. The number of hydrogen-bond donors (Lipinski definition) is 1. The summed E-state index contributed by atoms with van der Waals surface area (Å²) in [5.74, 6) is -0.0542. The number of hydrogen-bond acceptors (Lipinski definition) is 3. The number of thiazole rings is 1. The molecule has 0 saturated heterocycles. The van der Waals surface area contributed by atoms with E-state index in [9.17, 15) is 9.50 Å². The standard InChI is InChI=1S/C15H9BrFNOS/c16-13-7-10(17)3-6-12(13)14-8-20-15(18-14)9-1-4-11(19)5-2-9/h1-8,19H. The van der Waals surface area contributed by atoms with E-state index in [-0.39, 0.29) is 11.6 Å². The number of halogens is 2. The molecule has 0 atom stereocenters. The van der Waals surface area contributed by atoms with Crippen molar-refractivity contribution in [2.45, 2.75) is 0 Å². The molecule has 5 heteroatoms. The molecular formula is C15H9BrFNOS. The molecule has 0 aliphatic rings. The van der Waals surface area contributed by atoms with Gasteiger partial charge in [-0.05, 0) is 58.4 Å². The third-order valence-corrected chi connectivity index (χ3v) is 4.37. The Morgan fingerprint density at radius 3 is 2.55 bits per heavy atom. The maximum atomic E-state index is 13.1. The number of aromatic nitrogens is 1. The van der Waals surface area contributed by atoms with Gasteiger partial charge in [-0.2, -0.15) is 0 Å². The Morgan fingerprint density at radius 1 is 1.10 bits per heavy atom. The molecule has 0 saturated carbocycles. The highest BCUT2D eigenvalue weighted by molar-refractivity contribution is 9.10. The Kier molecular flexibility index (Phi) is 3.54. The minimum Gasteiger partial charge on any atom is -0.508 e. The highest BCUT2D eigenvalue weighted by Crippen LogP contribution is 2.33.